The van der Waals surface area contributed by atoms with Gasteiger partial charge in [-0.3, -0.25) is 4.79 Å². The summed E-state index contributed by atoms with van der Waals surface area (Å²) >= 11 is 0. The van der Waals surface area contributed by atoms with Gasteiger partial charge < -0.3 is 18.6 Å². The fourth-order valence-electron chi connectivity index (χ4n) is 6.52. The van der Waals surface area contributed by atoms with Crippen LogP contribution in [-0.4, -0.2) is 52.1 Å². The number of methoxy groups -OCH3 is 2. The highest BCUT2D eigenvalue weighted by atomic mass is 28.4. The van der Waals surface area contributed by atoms with Crippen LogP contribution in [0.25, 0.3) is 0 Å². The maximum atomic E-state index is 14.5. The summed E-state index contributed by atoms with van der Waals surface area (Å²) in [6.45, 7) is 17.4. The van der Waals surface area contributed by atoms with Crippen molar-refractivity contribution in [3.05, 3.63) is 72.3 Å². The van der Waals surface area contributed by atoms with Crippen LogP contribution < -0.4 is 9.47 Å². The van der Waals surface area contributed by atoms with Gasteiger partial charge in [-0.25, -0.2) is 9.69 Å². The Morgan fingerprint density at radius 1 is 1.00 bits per heavy atom. The van der Waals surface area contributed by atoms with Gasteiger partial charge in [-0.15, -0.1) is 6.58 Å². The van der Waals surface area contributed by atoms with Crippen molar-refractivity contribution in [1.82, 2.24) is 4.90 Å². The molecule has 7 nitrogen and oxygen atoms in total. The number of hydrogen-bond acceptors (Lipinski definition) is 6. The molecule has 0 saturated carbocycles. The van der Waals surface area contributed by atoms with Gasteiger partial charge in [0.25, 0.3) is 0 Å². The van der Waals surface area contributed by atoms with Crippen LogP contribution in [0.2, 0.25) is 16.6 Å². The van der Waals surface area contributed by atoms with E-state index in [-0.39, 0.29) is 29.1 Å². The number of carbonyl (C=O) groups excluding carboxylic acids is 2. The molecule has 8 heteroatoms. The van der Waals surface area contributed by atoms with E-state index in [4.69, 9.17) is 18.6 Å². The zero-order valence-electron chi connectivity index (χ0n) is 25.9. The average molecular weight is 582 g/mol. The number of imide groups is 1. The molecule has 0 radical (unpaired) electrons. The number of hydrogen-bond donors (Lipinski definition) is 0. The third-order valence-corrected chi connectivity index (χ3v) is 14.5. The third-order valence-electron chi connectivity index (χ3n) is 8.39. The van der Waals surface area contributed by atoms with Gasteiger partial charge in [0, 0.05) is 0 Å². The summed E-state index contributed by atoms with van der Waals surface area (Å²) in [5, 5.41) is 0. The third kappa shape index (κ3) is 6.87. The maximum absolute atomic E-state index is 14.5. The molecule has 3 rings (SSSR count). The van der Waals surface area contributed by atoms with E-state index < -0.39 is 32.5 Å². The lowest BCUT2D eigenvalue weighted by Gasteiger charge is -2.46. The molecule has 3 atom stereocenters. The molecule has 0 bridgehead atoms. The minimum Gasteiger partial charge on any atom is -0.493 e. The Morgan fingerprint density at radius 3 is 2.15 bits per heavy atom. The van der Waals surface area contributed by atoms with Crippen LogP contribution in [-0.2, 0) is 20.4 Å². The molecule has 0 aliphatic carbocycles. The molecular weight excluding hydrogens is 534 g/mol. The van der Waals surface area contributed by atoms with E-state index in [0.717, 1.165) is 11.1 Å². The van der Waals surface area contributed by atoms with Gasteiger partial charge in [0.05, 0.1) is 32.3 Å². The second-order valence-electron chi connectivity index (χ2n) is 11.7. The van der Waals surface area contributed by atoms with Crippen molar-refractivity contribution in [2.24, 2.45) is 5.92 Å². The van der Waals surface area contributed by atoms with Crippen LogP contribution in [0.4, 0.5) is 4.79 Å². The molecule has 1 aliphatic heterocycles. The molecule has 41 heavy (non-hydrogen) atoms. The van der Waals surface area contributed by atoms with Crippen LogP contribution in [0.1, 0.15) is 65.2 Å². The van der Waals surface area contributed by atoms with Crippen LogP contribution in [0.3, 0.4) is 0 Å². The molecule has 0 spiro atoms. The number of carbonyl (C=O) groups is 2. The number of nitrogens with zero attached hydrogens (tertiary/aromatic N) is 1. The lowest BCUT2D eigenvalue weighted by atomic mass is 9.90. The SMILES string of the molecule is C=CC[C@@H](C(=O)N1C(=O)OC[C@@H]1Cc1ccccc1)[C@H](O[Si](C(C)C)(C(C)C)C(C)C)c1ccc(OC)c(OC)c1. The van der Waals surface area contributed by atoms with Crippen LogP contribution in [0, 0.1) is 5.92 Å². The van der Waals surface area contributed by atoms with Crippen molar-refractivity contribution in [2.75, 3.05) is 20.8 Å². The molecule has 1 heterocycles. The van der Waals surface area contributed by atoms with Crippen LogP contribution in [0.15, 0.2) is 61.2 Å². The van der Waals surface area contributed by atoms with E-state index >= 15 is 0 Å². The van der Waals surface area contributed by atoms with Gasteiger partial charge in [-0.1, -0.05) is 84.0 Å². The summed E-state index contributed by atoms with van der Waals surface area (Å²) in [7, 11) is 0.696. The summed E-state index contributed by atoms with van der Waals surface area (Å²) in [4.78, 5) is 28.9. The van der Waals surface area contributed by atoms with Crippen molar-refractivity contribution >= 4 is 20.3 Å². The van der Waals surface area contributed by atoms with E-state index in [9.17, 15) is 9.59 Å². The summed E-state index contributed by atoms with van der Waals surface area (Å²) < 4.78 is 23.9. The van der Waals surface area contributed by atoms with Gasteiger partial charge in [-0.05, 0) is 52.7 Å². The molecule has 1 saturated heterocycles. The highest BCUT2D eigenvalue weighted by Gasteiger charge is 2.50. The van der Waals surface area contributed by atoms with Crippen molar-refractivity contribution in [1.29, 1.82) is 0 Å². The highest BCUT2D eigenvalue weighted by molar-refractivity contribution is 6.77. The molecule has 224 valence electrons. The minimum atomic E-state index is -2.49. The fraction of sp³-hybridized carbons (Fsp3) is 0.515. The predicted octanol–water partition coefficient (Wildman–Crippen LogP) is 7.72. The summed E-state index contributed by atoms with van der Waals surface area (Å²) in [6.07, 6.45) is 1.33. The van der Waals surface area contributed by atoms with Gasteiger partial charge in [-0.2, -0.15) is 0 Å². The highest BCUT2D eigenvalue weighted by Crippen LogP contribution is 2.48. The van der Waals surface area contributed by atoms with Crippen molar-refractivity contribution < 1.29 is 28.2 Å². The number of ether oxygens (including phenoxy) is 3. The van der Waals surface area contributed by atoms with E-state index in [1.807, 2.05) is 48.5 Å². The molecule has 0 aromatic heterocycles. The first-order valence-corrected chi connectivity index (χ1v) is 16.7. The predicted molar refractivity (Wildman–Crippen MR) is 165 cm³/mol. The first kappa shape index (κ1) is 32.4. The van der Waals surface area contributed by atoms with Crippen molar-refractivity contribution in [3.8, 4) is 11.5 Å². The van der Waals surface area contributed by atoms with Crippen LogP contribution >= 0.6 is 0 Å². The summed E-state index contributed by atoms with van der Waals surface area (Å²) in [5.41, 5.74) is 2.69. The van der Waals surface area contributed by atoms with E-state index in [0.29, 0.717) is 24.3 Å². The first-order valence-electron chi connectivity index (χ1n) is 14.6. The van der Waals surface area contributed by atoms with Crippen molar-refractivity contribution in [3.63, 3.8) is 0 Å². The minimum absolute atomic E-state index is 0.158. The molecule has 1 fully saturated rings. The van der Waals surface area contributed by atoms with Gasteiger partial charge in [0.15, 0.2) is 11.5 Å². The largest absolute Gasteiger partial charge is 0.493 e. The second-order valence-corrected chi connectivity index (χ2v) is 17.1. The Kier molecular flexibility index (Phi) is 11.2. The Bertz CT molecular complexity index is 1160. The molecule has 2 aromatic carbocycles. The van der Waals surface area contributed by atoms with Crippen molar-refractivity contribution in [2.45, 2.75) is 83.2 Å². The molecule has 1 aliphatic rings. The lowest BCUT2D eigenvalue weighted by molar-refractivity contribution is -0.137. The normalized spacial score (nSPS) is 17.1. The Morgan fingerprint density at radius 2 is 1.61 bits per heavy atom. The number of benzene rings is 2. The lowest BCUT2D eigenvalue weighted by Crippen LogP contribution is -2.51. The maximum Gasteiger partial charge on any atom is 0.416 e. The summed E-state index contributed by atoms with van der Waals surface area (Å²) in [6, 6.07) is 15.1. The van der Waals surface area contributed by atoms with Crippen LogP contribution in [0.5, 0.6) is 11.5 Å². The monoisotopic (exact) mass is 581 g/mol. The van der Waals surface area contributed by atoms with E-state index in [1.165, 1.54) is 4.90 Å². The summed E-state index contributed by atoms with van der Waals surface area (Å²) in [5.74, 6) is 0.134. The fourth-order valence-corrected chi connectivity index (χ4v) is 12.1. The topological polar surface area (TPSA) is 74.3 Å². The van der Waals surface area contributed by atoms with Gasteiger partial charge >= 0.3 is 6.09 Å². The number of rotatable bonds is 14. The molecule has 2 aromatic rings. The molecule has 2 amide bonds. The number of amides is 2. The smallest absolute Gasteiger partial charge is 0.416 e. The average Bonchev–Trinajstić information content (AvgIpc) is 3.31. The second kappa shape index (κ2) is 14.2. The van der Waals surface area contributed by atoms with E-state index in [1.54, 1.807) is 20.3 Å². The standard InChI is InChI=1S/C33H47NO6Si/c1-10-14-28(32(35)34-27(21-39-33(34)36)19-25-15-12-11-13-16-25)31(26-17-18-29(37-8)30(20-26)38-9)40-41(22(2)3,23(4)5)24(6)7/h10-13,15-18,20,22-24,27-28,31H,1,14,19,21H2,2-9H3/t27-,28+,31+/m0/s1. The molecule has 0 unspecified atom stereocenters. The molecular formula is C33H47NO6Si. The zero-order valence-corrected chi connectivity index (χ0v) is 26.9. The Labute approximate surface area is 246 Å². The van der Waals surface area contributed by atoms with Gasteiger partial charge in [0.1, 0.15) is 6.61 Å². The first-order chi connectivity index (χ1) is 19.5. The quantitative estimate of drug-likeness (QED) is 0.168. The molecule has 0 N–H and O–H groups in total. The Hall–Kier alpha value is -3.10. The van der Waals surface area contributed by atoms with Gasteiger partial charge in [0.2, 0.25) is 14.2 Å². The Balaban J connectivity index is 2.14. The van der Waals surface area contributed by atoms with E-state index in [2.05, 4.69) is 48.1 Å². The zero-order chi connectivity index (χ0) is 30.3. The number of cyclic esters (lactones) is 1. The number of allylic oxidation sites excluding steroid dienone is 1.